The molecule has 4 N–H and O–H groups in total. The van der Waals surface area contributed by atoms with Gasteiger partial charge in [-0.05, 0) is 19.3 Å². The van der Waals surface area contributed by atoms with E-state index in [4.69, 9.17) is 15.9 Å². The van der Waals surface area contributed by atoms with Gasteiger partial charge in [0.2, 0.25) is 0 Å². The van der Waals surface area contributed by atoms with Crippen LogP contribution in [0.3, 0.4) is 0 Å². The molecule has 0 aromatic carbocycles. The Kier molecular flexibility index (Phi) is 2.62. The minimum absolute atomic E-state index is 0.0311. The number of aliphatic carboxylic acids is 2. The van der Waals surface area contributed by atoms with Crippen molar-refractivity contribution in [2.45, 2.75) is 24.8 Å². The summed E-state index contributed by atoms with van der Waals surface area (Å²) in [6, 6.07) is 0. The molecular weight excluding hydrogens is 186 g/mol. The highest BCUT2D eigenvalue weighted by atomic mass is 16.4. The van der Waals surface area contributed by atoms with Crippen molar-refractivity contribution in [1.82, 2.24) is 0 Å². The van der Waals surface area contributed by atoms with Gasteiger partial charge in [0.1, 0.15) is 5.54 Å². The van der Waals surface area contributed by atoms with Gasteiger partial charge in [-0.3, -0.25) is 9.59 Å². The van der Waals surface area contributed by atoms with Crippen molar-refractivity contribution in [1.29, 1.82) is 0 Å². The zero-order valence-electron chi connectivity index (χ0n) is 7.69. The standard InChI is InChI=1S/C9H13NO4/c1-5-2-6(7(11)12)4-9(10,3-5)8(13)14/h6H,1-4,10H2,(H,11,12)(H,13,14)/t6-,9-/m0/s1. The van der Waals surface area contributed by atoms with Gasteiger partial charge in [-0.15, -0.1) is 0 Å². The van der Waals surface area contributed by atoms with Crippen molar-refractivity contribution < 1.29 is 19.8 Å². The smallest absolute Gasteiger partial charge is 0.324 e. The molecular formula is C9H13NO4. The molecule has 1 rings (SSSR count). The molecule has 0 spiro atoms. The van der Waals surface area contributed by atoms with E-state index >= 15 is 0 Å². The van der Waals surface area contributed by atoms with Gasteiger partial charge in [0.15, 0.2) is 0 Å². The Bertz CT molecular complexity index is 299. The van der Waals surface area contributed by atoms with Gasteiger partial charge in [0, 0.05) is 0 Å². The third-order valence-corrected chi connectivity index (χ3v) is 2.49. The highest BCUT2D eigenvalue weighted by Crippen LogP contribution is 2.33. The van der Waals surface area contributed by atoms with Gasteiger partial charge in [-0.2, -0.15) is 0 Å². The van der Waals surface area contributed by atoms with Crippen LogP contribution in [0.4, 0.5) is 0 Å². The van der Waals surface area contributed by atoms with Gasteiger partial charge in [0.05, 0.1) is 5.92 Å². The zero-order chi connectivity index (χ0) is 10.9. The maximum Gasteiger partial charge on any atom is 0.324 e. The maximum atomic E-state index is 10.8. The summed E-state index contributed by atoms with van der Waals surface area (Å²) in [7, 11) is 0. The van der Waals surface area contributed by atoms with Crippen LogP contribution in [0.25, 0.3) is 0 Å². The maximum absolute atomic E-state index is 10.8. The fraction of sp³-hybridized carbons (Fsp3) is 0.556. The summed E-state index contributed by atoms with van der Waals surface area (Å²) in [6.07, 6.45) is 0.449. The lowest BCUT2D eigenvalue weighted by Crippen LogP contribution is -2.52. The van der Waals surface area contributed by atoms with E-state index in [2.05, 4.69) is 6.58 Å². The number of carbonyl (C=O) groups is 2. The summed E-state index contributed by atoms with van der Waals surface area (Å²) in [5, 5.41) is 17.6. The zero-order valence-corrected chi connectivity index (χ0v) is 7.69. The number of rotatable bonds is 2. The van der Waals surface area contributed by atoms with Gasteiger partial charge in [-0.25, -0.2) is 0 Å². The molecule has 0 radical (unpaired) electrons. The van der Waals surface area contributed by atoms with Crippen LogP contribution in [0.15, 0.2) is 12.2 Å². The molecule has 0 amide bonds. The average molecular weight is 199 g/mol. The number of hydrogen-bond donors (Lipinski definition) is 3. The molecule has 0 aromatic heterocycles. The summed E-state index contributed by atoms with van der Waals surface area (Å²) in [6.45, 7) is 3.62. The highest BCUT2D eigenvalue weighted by Gasteiger charge is 2.43. The summed E-state index contributed by atoms with van der Waals surface area (Å²) >= 11 is 0. The third-order valence-electron chi connectivity index (χ3n) is 2.49. The van der Waals surface area contributed by atoms with Crippen LogP contribution in [0.2, 0.25) is 0 Å². The first-order valence-electron chi connectivity index (χ1n) is 4.27. The summed E-state index contributed by atoms with van der Waals surface area (Å²) in [5.74, 6) is -2.90. The van der Waals surface area contributed by atoms with E-state index < -0.39 is 23.4 Å². The quantitative estimate of drug-likeness (QED) is 0.552. The fourth-order valence-corrected chi connectivity index (χ4v) is 1.79. The normalized spacial score (nSPS) is 32.6. The van der Waals surface area contributed by atoms with Gasteiger partial charge < -0.3 is 15.9 Å². The molecule has 1 saturated carbocycles. The molecule has 1 fully saturated rings. The largest absolute Gasteiger partial charge is 0.481 e. The number of carboxylic acid groups (broad SMARTS) is 2. The molecule has 0 bridgehead atoms. The molecule has 1 aliphatic carbocycles. The predicted molar refractivity (Wildman–Crippen MR) is 48.7 cm³/mol. The van der Waals surface area contributed by atoms with Crippen LogP contribution in [0.1, 0.15) is 19.3 Å². The van der Waals surface area contributed by atoms with Crippen molar-refractivity contribution in [3.63, 3.8) is 0 Å². The van der Waals surface area contributed by atoms with E-state index in [-0.39, 0.29) is 12.8 Å². The van der Waals surface area contributed by atoms with Crippen LogP contribution in [0.5, 0.6) is 0 Å². The molecule has 5 nitrogen and oxygen atoms in total. The molecule has 0 unspecified atom stereocenters. The Labute approximate surface area is 81.2 Å². The molecule has 0 saturated heterocycles. The SMILES string of the molecule is C=C1C[C@H](C(=O)O)C[C@](N)(C(=O)O)C1. The molecule has 2 atom stereocenters. The number of hydrogen-bond acceptors (Lipinski definition) is 3. The van der Waals surface area contributed by atoms with E-state index in [0.717, 1.165) is 0 Å². The fourth-order valence-electron chi connectivity index (χ4n) is 1.79. The van der Waals surface area contributed by atoms with Crippen molar-refractivity contribution >= 4 is 11.9 Å². The monoisotopic (exact) mass is 199 g/mol. The first-order chi connectivity index (χ1) is 6.35. The molecule has 78 valence electrons. The molecule has 0 heterocycles. The minimum atomic E-state index is -1.46. The van der Waals surface area contributed by atoms with E-state index in [0.29, 0.717) is 12.0 Å². The third kappa shape index (κ3) is 1.93. The lowest BCUT2D eigenvalue weighted by molar-refractivity contribution is -0.148. The second kappa shape index (κ2) is 3.42. The van der Waals surface area contributed by atoms with E-state index in [1.165, 1.54) is 0 Å². The number of nitrogens with two attached hydrogens (primary N) is 1. The molecule has 0 aliphatic heterocycles. The van der Waals surface area contributed by atoms with Crippen LogP contribution in [-0.4, -0.2) is 27.7 Å². The van der Waals surface area contributed by atoms with Gasteiger partial charge >= 0.3 is 11.9 Å². The molecule has 5 heteroatoms. The lowest BCUT2D eigenvalue weighted by atomic mass is 9.74. The molecule has 14 heavy (non-hydrogen) atoms. The van der Waals surface area contributed by atoms with Crippen LogP contribution < -0.4 is 5.73 Å². The van der Waals surface area contributed by atoms with Crippen molar-refractivity contribution in [2.75, 3.05) is 0 Å². The van der Waals surface area contributed by atoms with Gasteiger partial charge in [-0.1, -0.05) is 12.2 Å². The molecule has 1 aliphatic rings. The van der Waals surface area contributed by atoms with E-state index in [1.807, 2.05) is 0 Å². The lowest BCUT2D eigenvalue weighted by Gasteiger charge is -2.33. The van der Waals surface area contributed by atoms with Crippen molar-refractivity contribution in [3.8, 4) is 0 Å². The first-order valence-corrected chi connectivity index (χ1v) is 4.27. The van der Waals surface area contributed by atoms with E-state index in [9.17, 15) is 9.59 Å². The highest BCUT2D eigenvalue weighted by molar-refractivity contribution is 5.81. The van der Waals surface area contributed by atoms with Gasteiger partial charge in [0.25, 0.3) is 0 Å². The summed E-state index contributed by atoms with van der Waals surface area (Å²) in [5.41, 5.74) is 4.73. The Balaban J connectivity index is 2.87. The van der Waals surface area contributed by atoms with Crippen LogP contribution in [0, 0.1) is 5.92 Å². The Morgan fingerprint density at radius 1 is 1.50 bits per heavy atom. The Hall–Kier alpha value is -1.36. The minimum Gasteiger partial charge on any atom is -0.481 e. The summed E-state index contributed by atoms with van der Waals surface area (Å²) < 4.78 is 0. The topological polar surface area (TPSA) is 101 Å². The Morgan fingerprint density at radius 2 is 2.07 bits per heavy atom. The van der Waals surface area contributed by atoms with Crippen molar-refractivity contribution in [3.05, 3.63) is 12.2 Å². The second-order valence-electron chi connectivity index (χ2n) is 3.83. The van der Waals surface area contributed by atoms with Crippen molar-refractivity contribution in [2.24, 2.45) is 11.7 Å². The Morgan fingerprint density at radius 3 is 2.50 bits per heavy atom. The average Bonchev–Trinajstić information content (AvgIpc) is 2.02. The van der Waals surface area contributed by atoms with Crippen LogP contribution >= 0.6 is 0 Å². The van der Waals surface area contributed by atoms with E-state index in [1.54, 1.807) is 0 Å². The first kappa shape index (κ1) is 10.7. The molecule has 0 aromatic rings. The predicted octanol–water partition coefficient (Wildman–Crippen LogP) is 0.209. The number of carboxylic acids is 2. The summed E-state index contributed by atoms with van der Waals surface area (Å²) in [4.78, 5) is 21.6. The second-order valence-corrected chi connectivity index (χ2v) is 3.83. The van der Waals surface area contributed by atoms with Crippen LogP contribution in [-0.2, 0) is 9.59 Å².